The molecular weight excluding hydrogens is 142 g/mol. The number of halogens is 1. The highest BCUT2D eigenvalue weighted by Gasteiger charge is 1.71. The number of allylic oxidation sites excluding steroid dienone is 2. The molecular formula is C5H6ClNS. The molecule has 0 aromatic carbocycles. The van der Waals surface area contributed by atoms with Crippen LogP contribution in [0.25, 0.3) is 0 Å². The second-order valence-corrected chi connectivity index (χ2v) is 1.82. The zero-order chi connectivity index (χ0) is 4.95. The van der Waals surface area contributed by atoms with Gasteiger partial charge in [0.15, 0.2) is 0 Å². The lowest BCUT2D eigenvalue weighted by molar-refractivity contribution is 1.62. The van der Waals surface area contributed by atoms with Gasteiger partial charge in [-0.2, -0.15) is 0 Å². The maximum atomic E-state index is 3.87. The standard InChI is InChI=1S/C5H5NS.ClH/c1-2-4-7-5-6-3-1;/h1-5H;1H. The van der Waals surface area contributed by atoms with E-state index >= 15 is 0 Å². The Morgan fingerprint density at radius 1 is 1.25 bits per heavy atom. The van der Waals surface area contributed by atoms with Crippen molar-refractivity contribution in [3.05, 3.63) is 23.8 Å². The Bertz CT molecular complexity index is 114. The summed E-state index contributed by atoms with van der Waals surface area (Å²) < 4.78 is 0. The van der Waals surface area contributed by atoms with E-state index in [0.29, 0.717) is 0 Å². The molecule has 1 rings (SSSR count). The van der Waals surface area contributed by atoms with Crippen molar-refractivity contribution in [2.24, 2.45) is 4.99 Å². The van der Waals surface area contributed by atoms with E-state index in [-0.39, 0.29) is 12.4 Å². The van der Waals surface area contributed by atoms with Crippen LogP contribution in [0.4, 0.5) is 0 Å². The third kappa shape index (κ3) is 2.88. The number of nitrogens with zero attached hydrogens (tertiary/aromatic N) is 1. The van der Waals surface area contributed by atoms with Crippen LogP contribution in [-0.2, 0) is 0 Å². The average Bonchev–Trinajstić information content (AvgIpc) is 1.90. The van der Waals surface area contributed by atoms with E-state index in [1.54, 1.807) is 23.5 Å². The fourth-order valence-corrected chi connectivity index (χ4v) is 0.688. The van der Waals surface area contributed by atoms with Gasteiger partial charge in [-0.15, -0.1) is 12.4 Å². The van der Waals surface area contributed by atoms with Gasteiger partial charge in [-0.1, -0.05) is 17.8 Å². The fourth-order valence-electron chi connectivity index (χ4n) is 0.296. The zero-order valence-corrected chi connectivity index (χ0v) is 5.78. The SMILES string of the molecule is C1=CN=CSC=C1.Cl. The molecule has 44 valence electrons. The predicted octanol–water partition coefficient (Wildman–Crippen LogP) is 2.21. The molecule has 0 aliphatic carbocycles. The molecule has 1 aliphatic rings. The Morgan fingerprint density at radius 2 is 2.12 bits per heavy atom. The largest absolute Gasteiger partial charge is 0.258 e. The minimum atomic E-state index is 0. The Labute approximate surface area is 59.0 Å². The van der Waals surface area contributed by atoms with Crippen molar-refractivity contribution in [3.63, 3.8) is 0 Å². The summed E-state index contributed by atoms with van der Waals surface area (Å²) in [4.78, 5) is 3.87. The van der Waals surface area contributed by atoms with Crippen LogP contribution < -0.4 is 0 Å². The molecule has 0 unspecified atom stereocenters. The van der Waals surface area contributed by atoms with Crippen molar-refractivity contribution >= 4 is 29.7 Å². The van der Waals surface area contributed by atoms with Gasteiger partial charge in [0.1, 0.15) is 0 Å². The average molecular weight is 148 g/mol. The highest BCUT2D eigenvalue weighted by atomic mass is 35.5. The molecule has 0 spiro atoms. The molecule has 0 atom stereocenters. The second-order valence-electron chi connectivity index (χ2n) is 1.06. The predicted molar refractivity (Wildman–Crippen MR) is 41.6 cm³/mol. The van der Waals surface area contributed by atoms with Crippen LogP contribution >= 0.6 is 24.2 Å². The summed E-state index contributed by atoms with van der Waals surface area (Å²) in [6, 6.07) is 0. The van der Waals surface area contributed by atoms with Crippen molar-refractivity contribution in [2.45, 2.75) is 0 Å². The van der Waals surface area contributed by atoms with Crippen LogP contribution in [-0.4, -0.2) is 5.55 Å². The van der Waals surface area contributed by atoms with Gasteiger partial charge in [-0.25, -0.2) is 0 Å². The van der Waals surface area contributed by atoms with E-state index in [0.717, 1.165) is 0 Å². The van der Waals surface area contributed by atoms with E-state index in [9.17, 15) is 0 Å². The van der Waals surface area contributed by atoms with E-state index in [4.69, 9.17) is 0 Å². The first-order chi connectivity index (χ1) is 3.50. The lowest BCUT2D eigenvalue weighted by atomic mass is 10.6. The quantitative estimate of drug-likeness (QED) is 0.512. The highest BCUT2D eigenvalue weighted by Crippen LogP contribution is 1.99. The lowest BCUT2D eigenvalue weighted by Gasteiger charge is -1.69. The molecule has 0 saturated carbocycles. The minimum Gasteiger partial charge on any atom is -0.258 e. The summed E-state index contributed by atoms with van der Waals surface area (Å²) in [6.07, 6.45) is 5.62. The fraction of sp³-hybridized carbons (Fsp3) is 0. The Kier molecular flexibility index (Phi) is 4.81. The van der Waals surface area contributed by atoms with Gasteiger partial charge in [0, 0.05) is 6.20 Å². The van der Waals surface area contributed by atoms with Crippen LogP contribution in [0, 0.1) is 0 Å². The molecule has 8 heavy (non-hydrogen) atoms. The maximum absolute atomic E-state index is 3.87. The van der Waals surface area contributed by atoms with E-state index < -0.39 is 0 Å². The topological polar surface area (TPSA) is 12.4 Å². The molecule has 0 amide bonds. The summed E-state index contributed by atoms with van der Waals surface area (Å²) in [6.45, 7) is 0. The summed E-state index contributed by atoms with van der Waals surface area (Å²) in [5, 5.41) is 1.98. The normalized spacial score (nSPS) is 15.0. The van der Waals surface area contributed by atoms with Crippen LogP contribution in [0.3, 0.4) is 0 Å². The number of thioether (sulfide) groups is 1. The van der Waals surface area contributed by atoms with Gasteiger partial charge in [-0.3, -0.25) is 4.99 Å². The molecule has 1 nitrogen and oxygen atoms in total. The molecule has 0 saturated heterocycles. The van der Waals surface area contributed by atoms with E-state index in [1.807, 2.05) is 17.6 Å². The van der Waals surface area contributed by atoms with Crippen molar-refractivity contribution in [3.8, 4) is 0 Å². The van der Waals surface area contributed by atoms with Gasteiger partial charge in [0.05, 0.1) is 5.55 Å². The second kappa shape index (κ2) is 4.94. The smallest absolute Gasteiger partial charge is 0.0638 e. The summed E-state index contributed by atoms with van der Waals surface area (Å²) in [7, 11) is 0. The third-order valence-corrected chi connectivity index (χ3v) is 1.12. The molecule has 0 fully saturated rings. The zero-order valence-electron chi connectivity index (χ0n) is 4.15. The van der Waals surface area contributed by atoms with Gasteiger partial charge in [0.2, 0.25) is 0 Å². The monoisotopic (exact) mass is 147 g/mol. The van der Waals surface area contributed by atoms with Gasteiger partial charge in [0.25, 0.3) is 0 Å². The summed E-state index contributed by atoms with van der Waals surface area (Å²) in [5.74, 6) is 0. The van der Waals surface area contributed by atoms with Crippen LogP contribution in [0.1, 0.15) is 0 Å². The van der Waals surface area contributed by atoms with Crippen molar-refractivity contribution in [1.29, 1.82) is 0 Å². The molecule has 1 aliphatic heterocycles. The number of hydrogen-bond donors (Lipinski definition) is 0. The van der Waals surface area contributed by atoms with Crippen LogP contribution in [0.15, 0.2) is 28.8 Å². The number of hydrogen-bond acceptors (Lipinski definition) is 2. The van der Waals surface area contributed by atoms with Crippen molar-refractivity contribution < 1.29 is 0 Å². The van der Waals surface area contributed by atoms with E-state index in [2.05, 4.69) is 4.99 Å². The Morgan fingerprint density at radius 3 is 3.00 bits per heavy atom. The molecule has 0 bridgehead atoms. The lowest BCUT2D eigenvalue weighted by Crippen LogP contribution is -1.48. The first kappa shape index (κ1) is 7.79. The molecule has 0 aromatic heterocycles. The number of aliphatic imine (C=N–C) groups is 1. The van der Waals surface area contributed by atoms with Crippen LogP contribution in [0.2, 0.25) is 0 Å². The first-order valence-electron chi connectivity index (χ1n) is 1.99. The maximum Gasteiger partial charge on any atom is 0.0638 e. The number of rotatable bonds is 0. The molecule has 1 heterocycles. The Hall–Kier alpha value is -0.210. The van der Waals surface area contributed by atoms with Crippen molar-refractivity contribution in [1.82, 2.24) is 0 Å². The Balaban J connectivity index is 0.000000490. The van der Waals surface area contributed by atoms with Gasteiger partial charge in [-0.05, 0) is 11.5 Å². The van der Waals surface area contributed by atoms with E-state index in [1.165, 1.54) is 0 Å². The minimum absolute atomic E-state index is 0. The summed E-state index contributed by atoms with van der Waals surface area (Å²) in [5.41, 5.74) is 1.79. The van der Waals surface area contributed by atoms with Gasteiger partial charge < -0.3 is 0 Å². The molecule has 0 radical (unpaired) electrons. The molecule has 0 N–H and O–H groups in total. The molecule has 0 aromatic rings. The van der Waals surface area contributed by atoms with Crippen LogP contribution in [0.5, 0.6) is 0 Å². The van der Waals surface area contributed by atoms with Crippen molar-refractivity contribution in [2.75, 3.05) is 0 Å². The third-order valence-electron chi connectivity index (χ3n) is 0.562. The molecule has 3 heteroatoms. The van der Waals surface area contributed by atoms with Gasteiger partial charge >= 0.3 is 0 Å². The highest BCUT2D eigenvalue weighted by molar-refractivity contribution is 8.14. The first-order valence-corrected chi connectivity index (χ1v) is 2.93. The summed E-state index contributed by atoms with van der Waals surface area (Å²) >= 11 is 1.58.